The lowest BCUT2D eigenvalue weighted by atomic mass is 9.96. The number of nitrogens with one attached hydrogen (secondary N) is 1. The first kappa shape index (κ1) is 14.0. The summed E-state index contributed by atoms with van der Waals surface area (Å²) in [6.45, 7) is 3.39. The van der Waals surface area contributed by atoms with E-state index in [9.17, 15) is 0 Å². The second-order valence-electron chi connectivity index (χ2n) is 5.19. The molecule has 0 aliphatic carbocycles. The molecule has 0 spiro atoms. The van der Waals surface area contributed by atoms with Gasteiger partial charge in [-0.3, -0.25) is 0 Å². The summed E-state index contributed by atoms with van der Waals surface area (Å²) in [4.78, 5) is 0. The molecule has 2 aromatic rings. The lowest BCUT2D eigenvalue weighted by molar-refractivity contribution is 0.169. The maximum absolute atomic E-state index is 5.84. The van der Waals surface area contributed by atoms with Crippen molar-refractivity contribution in [3.63, 3.8) is 0 Å². The average molecular weight is 283 g/mol. The molecule has 110 valence electrons. The Balaban J connectivity index is 1.99. The highest BCUT2D eigenvalue weighted by molar-refractivity contribution is 5.51. The van der Waals surface area contributed by atoms with Gasteiger partial charge in [-0.1, -0.05) is 43.3 Å². The van der Waals surface area contributed by atoms with Gasteiger partial charge in [0.25, 0.3) is 0 Å². The van der Waals surface area contributed by atoms with Crippen LogP contribution in [0.2, 0.25) is 0 Å². The lowest BCUT2D eigenvalue weighted by Gasteiger charge is -2.25. The summed E-state index contributed by atoms with van der Waals surface area (Å²) < 4.78 is 11.5. The van der Waals surface area contributed by atoms with Crippen LogP contribution in [0.4, 0.5) is 0 Å². The Bertz CT molecular complexity index is 607. The summed E-state index contributed by atoms with van der Waals surface area (Å²) >= 11 is 0. The van der Waals surface area contributed by atoms with Crippen LogP contribution in [0.3, 0.4) is 0 Å². The van der Waals surface area contributed by atoms with Gasteiger partial charge in [-0.2, -0.15) is 0 Å². The highest BCUT2D eigenvalue weighted by Gasteiger charge is 2.22. The van der Waals surface area contributed by atoms with Crippen LogP contribution in [0.15, 0.2) is 42.5 Å². The Morgan fingerprint density at radius 1 is 1.05 bits per heavy atom. The normalized spacial score (nSPS) is 14.8. The summed E-state index contributed by atoms with van der Waals surface area (Å²) in [5.74, 6) is 1.70. The molecule has 3 heteroatoms. The standard InChI is InChI=1S/C18H21NO2/c1-3-13-7-9-14(10-8-13)17(19-2)15-5-4-6-16-18(15)21-12-11-20-16/h4-10,17,19H,3,11-12H2,1-2H3. The Morgan fingerprint density at radius 2 is 1.81 bits per heavy atom. The summed E-state index contributed by atoms with van der Waals surface area (Å²) in [6.07, 6.45) is 1.06. The van der Waals surface area contributed by atoms with Crippen molar-refractivity contribution in [1.29, 1.82) is 0 Å². The fourth-order valence-corrected chi connectivity index (χ4v) is 2.77. The largest absolute Gasteiger partial charge is 0.486 e. The molecular formula is C18H21NO2. The highest BCUT2D eigenvalue weighted by atomic mass is 16.6. The van der Waals surface area contributed by atoms with E-state index in [2.05, 4.69) is 42.6 Å². The minimum atomic E-state index is 0.104. The molecule has 1 aliphatic rings. The second-order valence-corrected chi connectivity index (χ2v) is 5.19. The van der Waals surface area contributed by atoms with Crippen LogP contribution >= 0.6 is 0 Å². The first-order valence-electron chi connectivity index (χ1n) is 7.48. The van der Waals surface area contributed by atoms with Crippen molar-refractivity contribution in [3.05, 3.63) is 59.2 Å². The molecule has 1 N–H and O–H groups in total. The number of para-hydroxylation sites is 1. The predicted octanol–water partition coefficient (Wildman–Crippen LogP) is 3.33. The third-order valence-electron chi connectivity index (χ3n) is 3.92. The summed E-state index contributed by atoms with van der Waals surface area (Å²) in [7, 11) is 1.97. The van der Waals surface area contributed by atoms with Crippen molar-refractivity contribution in [3.8, 4) is 11.5 Å². The van der Waals surface area contributed by atoms with Crippen LogP contribution in [-0.4, -0.2) is 20.3 Å². The third kappa shape index (κ3) is 2.74. The van der Waals surface area contributed by atoms with Crippen molar-refractivity contribution in [2.24, 2.45) is 0 Å². The molecule has 3 rings (SSSR count). The van der Waals surface area contributed by atoms with Gasteiger partial charge in [-0.15, -0.1) is 0 Å². The van der Waals surface area contributed by atoms with Gasteiger partial charge >= 0.3 is 0 Å². The molecule has 1 unspecified atom stereocenters. The van der Waals surface area contributed by atoms with E-state index in [1.807, 2.05) is 19.2 Å². The van der Waals surface area contributed by atoms with Crippen molar-refractivity contribution in [2.45, 2.75) is 19.4 Å². The predicted molar refractivity (Wildman–Crippen MR) is 84.2 cm³/mol. The van der Waals surface area contributed by atoms with Crippen LogP contribution in [0.25, 0.3) is 0 Å². The molecule has 2 aromatic carbocycles. The van der Waals surface area contributed by atoms with Crippen LogP contribution < -0.4 is 14.8 Å². The van der Waals surface area contributed by atoms with Gasteiger partial charge in [0.1, 0.15) is 13.2 Å². The van der Waals surface area contributed by atoms with Crippen LogP contribution in [0.1, 0.15) is 29.7 Å². The Hall–Kier alpha value is -2.00. The van der Waals surface area contributed by atoms with Crippen molar-refractivity contribution in [1.82, 2.24) is 5.32 Å². The molecule has 0 amide bonds. The zero-order chi connectivity index (χ0) is 14.7. The van der Waals surface area contributed by atoms with Crippen LogP contribution in [0, 0.1) is 0 Å². The highest BCUT2D eigenvalue weighted by Crippen LogP contribution is 2.38. The maximum atomic E-state index is 5.84. The second kappa shape index (κ2) is 6.19. The number of aryl methyl sites for hydroxylation is 1. The monoisotopic (exact) mass is 283 g/mol. The zero-order valence-corrected chi connectivity index (χ0v) is 12.6. The van der Waals surface area contributed by atoms with E-state index in [1.165, 1.54) is 11.1 Å². The van der Waals surface area contributed by atoms with Gasteiger partial charge in [0, 0.05) is 5.56 Å². The van der Waals surface area contributed by atoms with Gasteiger partial charge < -0.3 is 14.8 Å². The summed E-state index contributed by atoms with van der Waals surface area (Å²) in [5, 5.41) is 3.39. The van der Waals surface area contributed by atoms with Gasteiger partial charge in [0.15, 0.2) is 11.5 Å². The average Bonchev–Trinajstić information content (AvgIpc) is 2.56. The third-order valence-corrected chi connectivity index (χ3v) is 3.92. The molecule has 0 saturated heterocycles. The van der Waals surface area contributed by atoms with E-state index in [0.717, 1.165) is 23.5 Å². The van der Waals surface area contributed by atoms with Crippen LogP contribution in [-0.2, 0) is 6.42 Å². The van der Waals surface area contributed by atoms with E-state index < -0.39 is 0 Å². The molecule has 1 heterocycles. The van der Waals surface area contributed by atoms with Gasteiger partial charge in [0.05, 0.1) is 6.04 Å². The van der Waals surface area contributed by atoms with Gasteiger partial charge in [-0.05, 0) is 30.7 Å². The first-order valence-corrected chi connectivity index (χ1v) is 7.48. The number of ether oxygens (including phenoxy) is 2. The molecule has 1 atom stereocenters. The van der Waals surface area contributed by atoms with E-state index in [1.54, 1.807) is 0 Å². The van der Waals surface area contributed by atoms with Crippen LogP contribution in [0.5, 0.6) is 11.5 Å². The SMILES string of the molecule is CCc1ccc(C(NC)c2cccc3c2OCCO3)cc1. The quantitative estimate of drug-likeness (QED) is 0.933. The first-order chi connectivity index (χ1) is 10.3. The molecule has 1 aliphatic heterocycles. The Labute approximate surface area is 125 Å². The minimum Gasteiger partial charge on any atom is -0.486 e. The van der Waals surface area contributed by atoms with E-state index in [-0.39, 0.29) is 6.04 Å². The fourth-order valence-electron chi connectivity index (χ4n) is 2.77. The van der Waals surface area contributed by atoms with Crippen molar-refractivity contribution >= 4 is 0 Å². The molecule has 0 bridgehead atoms. The molecule has 3 nitrogen and oxygen atoms in total. The van der Waals surface area contributed by atoms with Gasteiger partial charge in [-0.25, -0.2) is 0 Å². The number of hydrogen-bond acceptors (Lipinski definition) is 3. The Morgan fingerprint density at radius 3 is 2.52 bits per heavy atom. The molecule has 0 aromatic heterocycles. The fraction of sp³-hybridized carbons (Fsp3) is 0.333. The Kier molecular flexibility index (Phi) is 4.11. The smallest absolute Gasteiger partial charge is 0.166 e. The maximum Gasteiger partial charge on any atom is 0.166 e. The summed E-state index contributed by atoms with van der Waals surface area (Å²) in [5.41, 5.74) is 3.71. The topological polar surface area (TPSA) is 30.5 Å². The van der Waals surface area contributed by atoms with Gasteiger partial charge in [0.2, 0.25) is 0 Å². The lowest BCUT2D eigenvalue weighted by Crippen LogP contribution is -2.22. The van der Waals surface area contributed by atoms with Crippen molar-refractivity contribution < 1.29 is 9.47 Å². The number of rotatable bonds is 4. The molecule has 0 radical (unpaired) electrons. The summed E-state index contributed by atoms with van der Waals surface area (Å²) in [6, 6.07) is 14.9. The minimum absolute atomic E-state index is 0.104. The van der Waals surface area contributed by atoms with E-state index >= 15 is 0 Å². The number of fused-ring (bicyclic) bond motifs is 1. The van der Waals surface area contributed by atoms with E-state index in [4.69, 9.17) is 9.47 Å². The number of benzene rings is 2. The van der Waals surface area contributed by atoms with Crippen molar-refractivity contribution in [2.75, 3.05) is 20.3 Å². The molecule has 0 saturated carbocycles. The molecule has 21 heavy (non-hydrogen) atoms. The molecule has 0 fully saturated rings. The molecular weight excluding hydrogens is 262 g/mol. The zero-order valence-electron chi connectivity index (χ0n) is 12.6. The number of hydrogen-bond donors (Lipinski definition) is 1. The van der Waals surface area contributed by atoms with E-state index in [0.29, 0.717) is 13.2 Å².